The van der Waals surface area contributed by atoms with Gasteiger partial charge in [0, 0.05) is 0 Å². The van der Waals surface area contributed by atoms with Crippen molar-refractivity contribution in [1.82, 2.24) is 0 Å². The Hall–Kier alpha value is 0.829. The molecule has 0 spiro atoms. The molecule has 0 atom stereocenters. The van der Waals surface area contributed by atoms with Crippen LogP contribution in [-0.4, -0.2) is 18.4 Å². The zero-order chi connectivity index (χ0) is 13.1. The third kappa shape index (κ3) is 8.53. The summed E-state index contributed by atoms with van der Waals surface area (Å²) in [7, 11) is 0. The number of hydrogen-bond acceptors (Lipinski definition) is 0. The molecule has 0 aromatic carbocycles. The van der Waals surface area contributed by atoms with E-state index in [0.29, 0.717) is 0 Å². The van der Waals surface area contributed by atoms with Crippen LogP contribution >= 0.6 is 11.6 Å². The first-order valence-electron chi connectivity index (χ1n) is 7.43. The minimum absolute atomic E-state index is 0.948. The quantitative estimate of drug-likeness (QED) is 0.362. The van der Waals surface area contributed by atoms with Crippen molar-refractivity contribution in [3.63, 3.8) is 0 Å². The molecule has 0 aliphatic rings. The first kappa shape index (κ1) is 17.8. The molecule has 0 heterocycles. The first-order chi connectivity index (χ1) is 8.10. The van der Waals surface area contributed by atoms with E-state index in [2.05, 4.69) is 27.4 Å². The van der Waals surface area contributed by atoms with Gasteiger partial charge in [-0.1, -0.05) is 0 Å². The van der Waals surface area contributed by atoms with E-state index >= 15 is 0 Å². The second-order valence-corrected chi connectivity index (χ2v) is 19.9. The molecule has 0 saturated carbocycles. The maximum atomic E-state index is 6.16. The Kier molecular flexibility index (Phi) is 11.2. The van der Waals surface area contributed by atoms with Crippen LogP contribution in [0.15, 0.2) is 11.6 Å². The molecule has 0 rings (SSSR count). The molecule has 0 aromatic heterocycles. The van der Waals surface area contributed by atoms with Gasteiger partial charge in [0.15, 0.2) is 0 Å². The fraction of sp³-hybridized carbons (Fsp3) is 0.867. The summed E-state index contributed by atoms with van der Waals surface area (Å²) >= 11 is 4.19. The molecule has 0 unspecified atom stereocenters. The average molecular weight is 366 g/mol. The Balaban J connectivity index is 4.56. The van der Waals surface area contributed by atoms with Crippen LogP contribution in [0.3, 0.4) is 0 Å². The summed E-state index contributed by atoms with van der Waals surface area (Å²) in [4.78, 5) is 0. The van der Waals surface area contributed by atoms with Crippen LogP contribution in [0, 0.1) is 0 Å². The molecule has 0 aliphatic carbocycles. The number of halogens is 1. The first-order valence-corrected chi connectivity index (χ1v) is 15.9. The molecule has 0 radical (unpaired) electrons. The van der Waals surface area contributed by atoms with Gasteiger partial charge in [-0.15, -0.1) is 0 Å². The van der Waals surface area contributed by atoms with Crippen molar-refractivity contribution in [2.24, 2.45) is 0 Å². The molecular weight excluding hydrogens is 334 g/mol. The van der Waals surface area contributed by atoms with Crippen LogP contribution in [0.25, 0.3) is 0 Å². The van der Waals surface area contributed by atoms with E-state index in [1.165, 1.54) is 56.3 Å². The third-order valence-electron chi connectivity index (χ3n) is 3.75. The van der Waals surface area contributed by atoms with Gasteiger partial charge < -0.3 is 0 Å². The summed E-state index contributed by atoms with van der Waals surface area (Å²) in [6.07, 6.45) is 8.29. The van der Waals surface area contributed by atoms with E-state index in [9.17, 15) is 0 Å². The Labute approximate surface area is 118 Å². The topological polar surface area (TPSA) is 0 Å². The van der Waals surface area contributed by atoms with Crippen LogP contribution in [0.2, 0.25) is 17.7 Å². The zero-order valence-corrected chi connectivity index (χ0v) is 15.8. The van der Waals surface area contributed by atoms with Gasteiger partial charge in [-0.25, -0.2) is 0 Å². The van der Waals surface area contributed by atoms with E-state index < -0.39 is 18.4 Å². The predicted octanol–water partition coefficient (Wildman–Crippen LogP) is 6.59. The number of hydrogen-bond donors (Lipinski definition) is 0. The van der Waals surface area contributed by atoms with Gasteiger partial charge >= 0.3 is 119 Å². The van der Waals surface area contributed by atoms with E-state index in [1.54, 1.807) is 0 Å². The molecule has 2 heteroatoms. The summed E-state index contributed by atoms with van der Waals surface area (Å²) in [5.74, 6) is 0. The van der Waals surface area contributed by atoms with Crippen LogP contribution < -0.4 is 0 Å². The monoisotopic (exact) mass is 366 g/mol. The normalized spacial score (nSPS) is 11.8. The Morgan fingerprint density at radius 2 is 1.24 bits per heavy atom. The molecule has 0 N–H and O–H groups in total. The standard InChI is InChI=1S/3C4H9.C3H4Cl.Sn/c3*1-3-4-2;1-3(2)4;/h3*1,3-4H2,2H3;1-2H2;. The second kappa shape index (κ2) is 10.7. The van der Waals surface area contributed by atoms with Crippen molar-refractivity contribution in [2.75, 3.05) is 0 Å². The van der Waals surface area contributed by atoms with Gasteiger partial charge in [-0.2, -0.15) is 0 Å². The summed E-state index contributed by atoms with van der Waals surface area (Å²) in [5.41, 5.74) is 0. The van der Waals surface area contributed by atoms with Crippen LogP contribution in [0.4, 0.5) is 0 Å². The van der Waals surface area contributed by atoms with Gasteiger partial charge in [0.25, 0.3) is 0 Å². The van der Waals surface area contributed by atoms with E-state index in [1.807, 2.05) is 0 Å². The van der Waals surface area contributed by atoms with Gasteiger partial charge in [0.2, 0.25) is 0 Å². The molecule has 102 valence electrons. The average Bonchev–Trinajstić information content (AvgIpc) is 2.30. The predicted molar refractivity (Wildman–Crippen MR) is 84.7 cm³/mol. The van der Waals surface area contributed by atoms with Crippen molar-refractivity contribution < 1.29 is 0 Å². The van der Waals surface area contributed by atoms with Gasteiger partial charge in [-0.05, 0) is 0 Å². The van der Waals surface area contributed by atoms with Crippen molar-refractivity contribution in [3.05, 3.63) is 11.6 Å². The summed E-state index contributed by atoms with van der Waals surface area (Å²) in [6.45, 7) is 10.9. The molecule has 0 bridgehead atoms. The summed E-state index contributed by atoms with van der Waals surface area (Å²) < 4.78 is 5.85. The van der Waals surface area contributed by atoms with Crippen molar-refractivity contribution >= 4 is 30.0 Å². The number of allylic oxidation sites excluding steroid dienone is 1. The van der Waals surface area contributed by atoms with Crippen LogP contribution in [0.1, 0.15) is 59.3 Å². The summed E-state index contributed by atoms with van der Waals surface area (Å²) in [5, 5.41) is 0.948. The van der Waals surface area contributed by atoms with Gasteiger partial charge in [-0.3, -0.25) is 0 Å². The fourth-order valence-corrected chi connectivity index (χ4v) is 20.0. The molecule has 0 nitrogen and oxygen atoms in total. The fourth-order valence-electron chi connectivity index (χ4n) is 2.70. The van der Waals surface area contributed by atoms with E-state index in [4.69, 9.17) is 11.6 Å². The van der Waals surface area contributed by atoms with Gasteiger partial charge in [0.05, 0.1) is 0 Å². The van der Waals surface area contributed by atoms with Crippen molar-refractivity contribution in [3.8, 4) is 0 Å². The Bertz CT molecular complexity index is 179. The number of unbranched alkanes of at least 4 members (excludes halogenated alkanes) is 3. The summed E-state index contributed by atoms with van der Waals surface area (Å²) in [6, 6.07) is 0. The SMILES string of the molecule is C=C(Cl)[CH2][Sn]([CH2]CCC)([CH2]CCC)[CH2]CCC. The minimum atomic E-state index is -1.97. The van der Waals surface area contributed by atoms with Crippen LogP contribution in [0.5, 0.6) is 0 Å². The van der Waals surface area contributed by atoms with Gasteiger partial charge in [0.1, 0.15) is 0 Å². The molecule has 0 amide bonds. The maximum absolute atomic E-state index is 6.16. The Morgan fingerprint density at radius 3 is 1.47 bits per heavy atom. The van der Waals surface area contributed by atoms with Crippen molar-refractivity contribution in [2.45, 2.75) is 77.0 Å². The molecule has 0 saturated heterocycles. The van der Waals surface area contributed by atoms with E-state index in [0.717, 1.165) is 5.03 Å². The van der Waals surface area contributed by atoms with Crippen molar-refractivity contribution in [1.29, 1.82) is 0 Å². The molecule has 0 aromatic rings. The zero-order valence-electron chi connectivity index (χ0n) is 12.2. The molecular formula is C15H31ClSn. The Morgan fingerprint density at radius 1 is 0.882 bits per heavy atom. The van der Waals surface area contributed by atoms with Crippen LogP contribution in [-0.2, 0) is 0 Å². The van der Waals surface area contributed by atoms with E-state index in [-0.39, 0.29) is 0 Å². The second-order valence-electron chi connectivity index (χ2n) is 5.50. The molecule has 0 fully saturated rings. The molecule has 0 aliphatic heterocycles. The third-order valence-corrected chi connectivity index (χ3v) is 20.0. The number of rotatable bonds is 11. The molecule has 17 heavy (non-hydrogen) atoms.